The van der Waals surface area contributed by atoms with Crippen molar-refractivity contribution in [1.29, 1.82) is 5.26 Å². The topological polar surface area (TPSA) is 77.4 Å². The van der Waals surface area contributed by atoms with Gasteiger partial charge in [0.25, 0.3) is 0 Å². The lowest BCUT2D eigenvalue weighted by atomic mass is 9.98. The fraction of sp³-hybridized carbons (Fsp3) is 0.333. The molecule has 2 N–H and O–H groups in total. The van der Waals surface area contributed by atoms with Crippen LogP contribution in [-0.2, 0) is 4.74 Å². The van der Waals surface area contributed by atoms with Gasteiger partial charge in [0.15, 0.2) is 0 Å². The Morgan fingerprint density at radius 3 is 2.41 bits per heavy atom. The number of hydrogen-bond donors (Lipinski definition) is 2. The Bertz CT molecular complexity index is 780. The van der Waals surface area contributed by atoms with E-state index in [0.29, 0.717) is 24.5 Å². The fourth-order valence-corrected chi connectivity index (χ4v) is 3.40. The van der Waals surface area contributed by atoms with Gasteiger partial charge < -0.3 is 15.4 Å². The van der Waals surface area contributed by atoms with E-state index in [1.54, 1.807) is 24.3 Å². The molecule has 0 saturated carbocycles. The number of amides is 2. The van der Waals surface area contributed by atoms with Gasteiger partial charge in [0.1, 0.15) is 0 Å². The lowest BCUT2D eigenvalue weighted by molar-refractivity contribution is 0.00974. The molecular weight excluding hydrogens is 340 g/mol. The van der Waals surface area contributed by atoms with Gasteiger partial charge in [0, 0.05) is 24.8 Å². The summed E-state index contributed by atoms with van der Waals surface area (Å²) in [6.07, 6.45) is 0. The van der Waals surface area contributed by atoms with Crippen molar-refractivity contribution in [2.45, 2.75) is 19.0 Å². The van der Waals surface area contributed by atoms with Crippen molar-refractivity contribution < 1.29 is 9.53 Å². The number of urea groups is 1. The standard InChI is InChI=1S/C21H24N4O2/c1-16(23-21(26)24-19-9-7-17(15-22)8-10-19)20(18-5-3-2-4-6-18)25-11-13-27-14-12-25/h2-10,16,20H,11-14H2,1H3,(H2,23,24,26)/t16-,20+/m1/s1. The monoisotopic (exact) mass is 364 g/mol. The van der Waals surface area contributed by atoms with Crippen molar-refractivity contribution in [1.82, 2.24) is 10.2 Å². The van der Waals surface area contributed by atoms with Crippen LogP contribution < -0.4 is 10.6 Å². The first-order valence-corrected chi connectivity index (χ1v) is 9.12. The Balaban J connectivity index is 1.68. The summed E-state index contributed by atoms with van der Waals surface area (Å²) in [5, 5.41) is 14.7. The lowest BCUT2D eigenvalue weighted by Crippen LogP contribution is -2.49. The van der Waals surface area contributed by atoms with Gasteiger partial charge in [0.05, 0.1) is 30.9 Å². The van der Waals surface area contributed by atoms with Crippen LogP contribution in [0.15, 0.2) is 54.6 Å². The molecule has 1 fully saturated rings. The Kier molecular flexibility index (Phi) is 6.42. The molecule has 2 aromatic rings. The number of nitrogens with zero attached hydrogens (tertiary/aromatic N) is 2. The summed E-state index contributed by atoms with van der Waals surface area (Å²) in [7, 11) is 0. The molecule has 1 saturated heterocycles. The van der Waals surface area contributed by atoms with E-state index in [4.69, 9.17) is 10.00 Å². The van der Waals surface area contributed by atoms with Crippen LogP contribution in [0.25, 0.3) is 0 Å². The number of hydrogen-bond acceptors (Lipinski definition) is 4. The summed E-state index contributed by atoms with van der Waals surface area (Å²) < 4.78 is 5.48. The molecule has 0 unspecified atom stereocenters. The molecule has 0 bridgehead atoms. The first-order valence-electron chi connectivity index (χ1n) is 9.12. The zero-order valence-electron chi connectivity index (χ0n) is 15.4. The van der Waals surface area contributed by atoms with E-state index in [2.05, 4.69) is 33.7 Å². The van der Waals surface area contributed by atoms with Gasteiger partial charge in [0.2, 0.25) is 0 Å². The maximum atomic E-state index is 12.5. The largest absolute Gasteiger partial charge is 0.379 e. The number of morpholine rings is 1. The van der Waals surface area contributed by atoms with Crippen molar-refractivity contribution in [2.24, 2.45) is 0 Å². The maximum absolute atomic E-state index is 12.5. The number of benzene rings is 2. The SMILES string of the molecule is C[C@@H](NC(=O)Nc1ccc(C#N)cc1)[C@@H](c1ccccc1)N1CCOCC1. The summed E-state index contributed by atoms with van der Waals surface area (Å²) >= 11 is 0. The third kappa shape index (κ3) is 5.07. The van der Waals surface area contributed by atoms with Crippen molar-refractivity contribution in [3.8, 4) is 6.07 Å². The molecule has 0 spiro atoms. The molecule has 2 amide bonds. The van der Waals surface area contributed by atoms with Crippen LogP contribution >= 0.6 is 0 Å². The minimum Gasteiger partial charge on any atom is -0.379 e. The maximum Gasteiger partial charge on any atom is 0.319 e. The second-order valence-electron chi connectivity index (χ2n) is 6.58. The number of rotatable bonds is 5. The van der Waals surface area contributed by atoms with Gasteiger partial charge in [-0.1, -0.05) is 30.3 Å². The van der Waals surface area contributed by atoms with E-state index in [-0.39, 0.29) is 18.1 Å². The van der Waals surface area contributed by atoms with Crippen molar-refractivity contribution >= 4 is 11.7 Å². The Hall–Kier alpha value is -2.88. The van der Waals surface area contributed by atoms with E-state index in [9.17, 15) is 4.79 Å². The second kappa shape index (κ2) is 9.17. The van der Waals surface area contributed by atoms with E-state index in [1.165, 1.54) is 5.56 Å². The van der Waals surface area contributed by atoms with E-state index < -0.39 is 0 Å². The van der Waals surface area contributed by atoms with Gasteiger partial charge in [-0.2, -0.15) is 5.26 Å². The highest BCUT2D eigenvalue weighted by Gasteiger charge is 2.28. The van der Waals surface area contributed by atoms with Crippen LogP contribution in [0.2, 0.25) is 0 Å². The van der Waals surface area contributed by atoms with Crippen LogP contribution in [-0.4, -0.2) is 43.3 Å². The smallest absolute Gasteiger partial charge is 0.319 e. The highest BCUT2D eigenvalue weighted by atomic mass is 16.5. The van der Waals surface area contributed by atoms with Crippen LogP contribution in [0, 0.1) is 11.3 Å². The molecule has 140 valence electrons. The average molecular weight is 364 g/mol. The number of nitrogens with one attached hydrogen (secondary N) is 2. The molecule has 0 aromatic heterocycles. The van der Waals surface area contributed by atoms with Crippen LogP contribution in [0.3, 0.4) is 0 Å². The number of ether oxygens (including phenoxy) is 1. The van der Waals surface area contributed by atoms with Gasteiger partial charge in [-0.25, -0.2) is 4.79 Å². The molecule has 0 aliphatic carbocycles. The summed E-state index contributed by atoms with van der Waals surface area (Å²) in [4.78, 5) is 14.8. The number of anilines is 1. The molecule has 1 heterocycles. The molecule has 6 heteroatoms. The highest BCUT2D eigenvalue weighted by Crippen LogP contribution is 2.25. The molecular formula is C21H24N4O2. The molecule has 6 nitrogen and oxygen atoms in total. The van der Waals surface area contributed by atoms with Crippen LogP contribution in [0.5, 0.6) is 0 Å². The number of carbonyl (C=O) groups is 1. The zero-order chi connectivity index (χ0) is 19.1. The first-order chi connectivity index (χ1) is 13.2. The molecule has 0 radical (unpaired) electrons. The van der Waals surface area contributed by atoms with E-state index in [0.717, 1.165) is 13.1 Å². The normalized spacial score (nSPS) is 16.7. The van der Waals surface area contributed by atoms with Crippen molar-refractivity contribution in [3.05, 3.63) is 65.7 Å². The minimum atomic E-state index is -0.263. The average Bonchev–Trinajstić information content (AvgIpc) is 2.70. The van der Waals surface area contributed by atoms with E-state index >= 15 is 0 Å². The Morgan fingerprint density at radius 1 is 1.11 bits per heavy atom. The molecule has 27 heavy (non-hydrogen) atoms. The molecule has 1 aliphatic heterocycles. The van der Waals surface area contributed by atoms with Gasteiger partial charge in [-0.3, -0.25) is 4.90 Å². The van der Waals surface area contributed by atoms with Crippen molar-refractivity contribution in [3.63, 3.8) is 0 Å². The molecule has 2 atom stereocenters. The summed E-state index contributed by atoms with van der Waals surface area (Å²) in [6.45, 7) is 5.10. The molecule has 2 aromatic carbocycles. The van der Waals surface area contributed by atoms with Gasteiger partial charge >= 0.3 is 6.03 Å². The molecule has 3 rings (SSSR count). The Morgan fingerprint density at radius 2 is 1.78 bits per heavy atom. The Labute approximate surface area is 159 Å². The quantitative estimate of drug-likeness (QED) is 0.854. The number of nitriles is 1. The summed E-state index contributed by atoms with van der Waals surface area (Å²) in [6, 6.07) is 18.8. The van der Waals surface area contributed by atoms with Crippen LogP contribution in [0.4, 0.5) is 10.5 Å². The van der Waals surface area contributed by atoms with E-state index in [1.807, 2.05) is 25.1 Å². The van der Waals surface area contributed by atoms with Crippen LogP contribution in [0.1, 0.15) is 24.1 Å². The van der Waals surface area contributed by atoms with Gasteiger partial charge in [-0.15, -0.1) is 0 Å². The summed E-state index contributed by atoms with van der Waals surface area (Å²) in [5.41, 5.74) is 2.39. The second-order valence-corrected chi connectivity index (χ2v) is 6.58. The predicted octanol–water partition coefficient (Wildman–Crippen LogP) is 3.14. The van der Waals surface area contributed by atoms with Crippen molar-refractivity contribution in [2.75, 3.05) is 31.6 Å². The summed E-state index contributed by atoms with van der Waals surface area (Å²) in [5.74, 6) is 0. The third-order valence-electron chi connectivity index (χ3n) is 4.68. The minimum absolute atomic E-state index is 0.0711. The lowest BCUT2D eigenvalue weighted by Gasteiger charge is -2.38. The molecule has 1 aliphatic rings. The predicted molar refractivity (Wildman–Crippen MR) is 104 cm³/mol. The highest BCUT2D eigenvalue weighted by molar-refractivity contribution is 5.89. The zero-order valence-corrected chi connectivity index (χ0v) is 15.4. The number of carbonyl (C=O) groups excluding carboxylic acids is 1. The first kappa shape index (κ1) is 18.9. The fourth-order valence-electron chi connectivity index (χ4n) is 3.40. The third-order valence-corrected chi connectivity index (χ3v) is 4.68. The van der Waals surface area contributed by atoms with Gasteiger partial charge in [-0.05, 0) is 36.8 Å².